The van der Waals surface area contributed by atoms with E-state index in [0.29, 0.717) is 24.3 Å². The number of rotatable bonds is 7. The van der Waals surface area contributed by atoms with Crippen molar-refractivity contribution in [1.82, 2.24) is 0 Å². The first-order chi connectivity index (χ1) is 8.32. The van der Waals surface area contributed by atoms with E-state index in [1.807, 2.05) is 13.8 Å². The Kier molecular flexibility index (Phi) is 4.92. The fourth-order valence-corrected chi connectivity index (χ4v) is 3.72. The molecular weight excluding hydrogens is 250 g/mol. The molecule has 1 fully saturated rings. The van der Waals surface area contributed by atoms with E-state index >= 15 is 0 Å². The van der Waals surface area contributed by atoms with Gasteiger partial charge in [0, 0.05) is 22.3 Å². The molecular formula is C13H21NO3S. The molecule has 1 saturated carbocycles. The van der Waals surface area contributed by atoms with E-state index in [1.54, 1.807) is 0 Å². The molecule has 0 aromatic carbocycles. The third-order valence-electron chi connectivity index (χ3n) is 3.43. The molecule has 0 radical (unpaired) electrons. The summed E-state index contributed by atoms with van der Waals surface area (Å²) in [5.74, 6) is 0.870. The minimum atomic E-state index is -0.952. The summed E-state index contributed by atoms with van der Waals surface area (Å²) in [4.78, 5) is 11.2. The Labute approximate surface area is 111 Å². The third-order valence-corrected chi connectivity index (χ3v) is 5.02. The average Bonchev–Trinajstić information content (AvgIpc) is 3.06. The largest absolute Gasteiger partial charge is 0.469 e. The van der Waals surface area contributed by atoms with E-state index in [4.69, 9.17) is 5.26 Å². The van der Waals surface area contributed by atoms with Gasteiger partial charge in [-0.05, 0) is 38.5 Å². The molecule has 102 valence electrons. The molecule has 1 rings (SSSR count). The highest BCUT2D eigenvalue weighted by molar-refractivity contribution is 7.85. The number of nitriles is 1. The molecule has 0 aromatic rings. The Morgan fingerprint density at radius 2 is 2.11 bits per heavy atom. The van der Waals surface area contributed by atoms with Crippen LogP contribution in [-0.2, 0) is 20.3 Å². The van der Waals surface area contributed by atoms with Crippen molar-refractivity contribution in [3.63, 3.8) is 0 Å². The quantitative estimate of drug-likeness (QED) is 0.664. The average molecular weight is 271 g/mol. The summed E-state index contributed by atoms with van der Waals surface area (Å²) in [7, 11) is 0.427. The van der Waals surface area contributed by atoms with Gasteiger partial charge in [0.05, 0.1) is 25.0 Å². The Balaban J connectivity index is 2.37. The summed E-state index contributed by atoms with van der Waals surface area (Å²) in [6.07, 6.45) is 2.91. The Morgan fingerprint density at radius 3 is 2.56 bits per heavy atom. The van der Waals surface area contributed by atoms with Gasteiger partial charge < -0.3 is 4.74 Å². The number of methoxy groups -OCH3 is 1. The smallest absolute Gasteiger partial charge is 0.306 e. The van der Waals surface area contributed by atoms with Crippen molar-refractivity contribution in [2.45, 2.75) is 39.5 Å². The molecule has 0 saturated heterocycles. The maximum absolute atomic E-state index is 12.0. The SMILES string of the molecule is COC(=O)CC1(CS(=O)CCC(C)(C)C#N)CC1. The van der Waals surface area contributed by atoms with E-state index in [-0.39, 0.29) is 11.4 Å². The molecule has 18 heavy (non-hydrogen) atoms. The van der Waals surface area contributed by atoms with Gasteiger partial charge in [0.2, 0.25) is 0 Å². The summed E-state index contributed by atoms with van der Waals surface area (Å²) in [5.41, 5.74) is -0.510. The zero-order valence-corrected chi connectivity index (χ0v) is 12.1. The van der Waals surface area contributed by atoms with Crippen LogP contribution in [0.2, 0.25) is 0 Å². The van der Waals surface area contributed by atoms with E-state index in [9.17, 15) is 9.00 Å². The van der Waals surface area contributed by atoms with Gasteiger partial charge in [-0.1, -0.05) is 0 Å². The lowest BCUT2D eigenvalue weighted by atomic mass is 9.93. The molecule has 0 heterocycles. The minimum absolute atomic E-state index is 0.0886. The van der Waals surface area contributed by atoms with Crippen LogP contribution >= 0.6 is 0 Å². The number of carbonyl (C=O) groups is 1. The van der Waals surface area contributed by atoms with Crippen LogP contribution in [0.15, 0.2) is 0 Å². The zero-order valence-electron chi connectivity index (χ0n) is 11.3. The molecule has 0 amide bonds. The second kappa shape index (κ2) is 5.83. The molecule has 4 nitrogen and oxygen atoms in total. The number of hydrogen-bond acceptors (Lipinski definition) is 4. The summed E-state index contributed by atoms with van der Waals surface area (Å²) >= 11 is 0. The second-order valence-corrected chi connectivity index (χ2v) is 7.36. The molecule has 0 bridgehead atoms. The van der Waals surface area contributed by atoms with Gasteiger partial charge in [-0.15, -0.1) is 0 Å². The van der Waals surface area contributed by atoms with Crippen molar-refractivity contribution in [3.05, 3.63) is 0 Å². The maximum Gasteiger partial charge on any atom is 0.306 e. The molecule has 0 aromatic heterocycles. The predicted octanol–water partition coefficient (Wildman–Crippen LogP) is 2.02. The first kappa shape index (κ1) is 15.2. The molecule has 1 aliphatic rings. The first-order valence-corrected chi connectivity index (χ1v) is 7.64. The van der Waals surface area contributed by atoms with Gasteiger partial charge in [-0.3, -0.25) is 9.00 Å². The molecule has 0 N–H and O–H groups in total. The topological polar surface area (TPSA) is 67.2 Å². The van der Waals surface area contributed by atoms with Gasteiger partial charge in [0.25, 0.3) is 0 Å². The third kappa shape index (κ3) is 4.77. The number of ether oxygens (including phenoxy) is 1. The van der Waals surface area contributed by atoms with Crippen LogP contribution in [0, 0.1) is 22.2 Å². The zero-order chi connectivity index (χ0) is 13.8. The highest BCUT2D eigenvalue weighted by Crippen LogP contribution is 2.49. The number of nitrogens with zero attached hydrogens (tertiary/aromatic N) is 1. The number of carbonyl (C=O) groups excluding carboxylic acids is 1. The second-order valence-electron chi connectivity index (χ2n) is 5.79. The molecule has 1 atom stereocenters. The molecule has 0 spiro atoms. The van der Waals surface area contributed by atoms with Crippen LogP contribution < -0.4 is 0 Å². The van der Waals surface area contributed by atoms with E-state index in [2.05, 4.69) is 10.8 Å². The van der Waals surface area contributed by atoms with Crippen molar-refractivity contribution in [2.75, 3.05) is 18.6 Å². The Morgan fingerprint density at radius 1 is 1.50 bits per heavy atom. The molecule has 1 unspecified atom stereocenters. The van der Waals surface area contributed by atoms with Crippen LogP contribution in [0.4, 0.5) is 0 Å². The van der Waals surface area contributed by atoms with Crippen molar-refractivity contribution in [2.24, 2.45) is 10.8 Å². The lowest BCUT2D eigenvalue weighted by Crippen LogP contribution is -2.21. The number of esters is 1. The van der Waals surface area contributed by atoms with Crippen LogP contribution in [-0.4, -0.2) is 28.8 Å². The summed E-state index contributed by atoms with van der Waals surface area (Å²) < 4.78 is 16.6. The van der Waals surface area contributed by atoms with E-state index in [0.717, 1.165) is 12.8 Å². The highest BCUT2D eigenvalue weighted by Gasteiger charge is 2.45. The van der Waals surface area contributed by atoms with E-state index < -0.39 is 16.2 Å². The Bertz CT molecular complexity index is 380. The normalized spacial score (nSPS) is 18.8. The highest BCUT2D eigenvalue weighted by atomic mass is 32.2. The van der Waals surface area contributed by atoms with Gasteiger partial charge in [-0.25, -0.2) is 0 Å². The maximum atomic E-state index is 12.0. The fraction of sp³-hybridized carbons (Fsp3) is 0.846. The summed E-state index contributed by atoms with van der Waals surface area (Å²) in [5, 5.41) is 8.89. The fourth-order valence-electron chi connectivity index (χ4n) is 1.77. The van der Waals surface area contributed by atoms with Gasteiger partial charge in [0.1, 0.15) is 0 Å². The predicted molar refractivity (Wildman–Crippen MR) is 70.2 cm³/mol. The van der Waals surface area contributed by atoms with Gasteiger partial charge >= 0.3 is 5.97 Å². The van der Waals surface area contributed by atoms with Crippen molar-refractivity contribution in [1.29, 1.82) is 5.26 Å². The van der Waals surface area contributed by atoms with Crippen LogP contribution in [0.25, 0.3) is 0 Å². The summed E-state index contributed by atoms with van der Waals surface area (Å²) in [6.45, 7) is 3.71. The summed E-state index contributed by atoms with van der Waals surface area (Å²) in [6, 6.07) is 2.21. The first-order valence-electron chi connectivity index (χ1n) is 6.16. The van der Waals surface area contributed by atoms with Gasteiger partial charge in [0.15, 0.2) is 0 Å². The lowest BCUT2D eigenvalue weighted by molar-refractivity contribution is -0.141. The Hall–Kier alpha value is -0.890. The minimum Gasteiger partial charge on any atom is -0.469 e. The van der Waals surface area contributed by atoms with Crippen molar-refractivity contribution < 1.29 is 13.7 Å². The van der Waals surface area contributed by atoms with Crippen LogP contribution in [0.3, 0.4) is 0 Å². The van der Waals surface area contributed by atoms with Crippen molar-refractivity contribution in [3.8, 4) is 6.07 Å². The van der Waals surface area contributed by atoms with Crippen LogP contribution in [0.1, 0.15) is 39.5 Å². The lowest BCUT2D eigenvalue weighted by Gasteiger charge is -2.16. The number of hydrogen-bond donors (Lipinski definition) is 0. The van der Waals surface area contributed by atoms with Crippen LogP contribution in [0.5, 0.6) is 0 Å². The van der Waals surface area contributed by atoms with E-state index in [1.165, 1.54) is 7.11 Å². The standard InChI is InChI=1S/C13H21NO3S/c1-12(2,9-14)6-7-18(16)10-13(4-5-13)8-11(15)17-3/h4-8,10H2,1-3H3. The molecule has 0 aliphatic heterocycles. The van der Waals surface area contributed by atoms with Crippen molar-refractivity contribution >= 4 is 16.8 Å². The molecule has 5 heteroatoms. The molecule has 1 aliphatic carbocycles. The monoisotopic (exact) mass is 271 g/mol. The van der Waals surface area contributed by atoms with Gasteiger partial charge in [-0.2, -0.15) is 5.26 Å².